The van der Waals surface area contributed by atoms with Crippen molar-refractivity contribution in [2.75, 3.05) is 10.6 Å². The van der Waals surface area contributed by atoms with Crippen molar-refractivity contribution in [2.45, 2.75) is 25.9 Å². The molecule has 25 heavy (non-hydrogen) atoms. The van der Waals surface area contributed by atoms with Crippen molar-refractivity contribution in [3.63, 3.8) is 0 Å². The Hall–Kier alpha value is -2.05. The molecule has 0 unspecified atom stereocenters. The number of benzene rings is 2. The van der Waals surface area contributed by atoms with Gasteiger partial charge in [0.05, 0.1) is 18.0 Å². The lowest BCUT2D eigenvalue weighted by Gasteiger charge is -2.29. The van der Waals surface area contributed by atoms with E-state index in [2.05, 4.69) is 5.32 Å². The zero-order valence-corrected chi connectivity index (χ0v) is 15.9. The van der Waals surface area contributed by atoms with Crippen molar-refractivity contribution in [1.82, 2.24) is 5.32 Å². The van der Waals surface area contributed by atoms with Crippen molar-refractivity contribution < 1.29 is 13.2 Å². The molecule has 0 aliphatic heterocycles. The summed E-state index contributed by atoms with van der Waals surface area (Å²) < 4.78 is 25.6. The molecule has 2 rings (SSSR count). The monoisotopic (exact) mass is 380 g/mol. The molecule has 0 saturated carbocycles. The number of carbonyl (C=O) groups excluding carboxylic acids is 1. The Labute approximate surface area is 153 Å². The molecule has 2 atom stereocenters. The van der Waals surface area contributed by atoms with E-state index in [0.29, 0.717) is 10.7 Å². The average molecular weight is 381 g/mol. The summed E-state index contributed by atoms with van der Waals surface area (Å²) in [5, 5.41) is 3.25. The second-order valence-corrected chi connectivity index (χ2v) is 8.15. The van der Waals surface area contributed by atoms with Crippen LogP contribution in [-0.4, -0.2) is 26.6 Å². The fourth-order valence-corrected chi connectivity index (χ4v) is 3.93. The first-order valence-corrected chi connectivity index (χ1v) is 10.0. The van der Waals surface area contributed by atoms with E-state index in [4.69, 9.17) is 11.6 Å². The standard InChI is InChI=1S/C18H21ClN2O3S/c1-13(15-8-5-4-6-9-15)20-18(22)14(2)21(25(3,23)24)17-11-7-10-16(19)12-17/h4-14H,1-3H3,(H,20,22)/t13-,14-/m1/s1. The Morgan fingerprint density at radius 2 is 1.72 bits per heavy atom. The van der Waals surface area contributed by atoms with Gasteiger partial charge in [0.2, 0.25) is 15.9 Å². The molecule has 0 bridgehead atoms. The van der Waals surface area contributed by atoms with Crippen molar-refractivity contribution in [3.8, 4) is 0 Å². The molecule has 0 aliphatic carbocycles. The van der Waals surface area contributed by atoms with E-state index in [1.165, 1.54) is 6.07 Å². The van der Waals surface area contributed by atoms with Gasteiger partial charge in [-0.05, 0) is 37.6 Å². The van der Waals surface area contributed by atoms with Crippen LogP contribution in [0.25, 0.3) is 0 Å². The van der Waals surface area contributed by atoms with Gasteiger partial charge in [-0.15, -0.1) is 0 Å². The summed E-state index contributed by atoms with van der Waals surface area (Å²) in [6.07, 6.45) is 1.07. The van der Waals surface area contributed by atoms with Crippen LogP contribution < -0.4 is 9.62 Å². The summed E-state index contributed by atoms with van der Waals surface area (Å²) in [5.41, 5.74) is 1.29. The van der Waals surface area contributed by atoms with Gasteiger partial charge in [-0.25, -0.2) is 8.42 Å². The third-order valence-corrected chi connectivity index (χ3v) is 5.29. The normalized spacial score (nSPS) is 13.8. The predicted octanol–water partition coefficient (Wildman–Crippen LogP) is 3.37. The fraction of sp³-hybridized carbons (Fsp3) is 0.278. The molecule has 1 amide bonds. The van der Waals surface area contributed by atoms with Gasteiger partial charge in [-0.2, -0.15) is 0 Å². The van der Waals surface area contributed by atoms with Crippen LogP contribution in [-0.2, 0) is 14.8 Å². The molecule has 7 heteroatoms. The lowest BCUT2D eigenvalue weighted by Crippen LogP contribution is -2.48. The van der Waals surface area contributed by atoms with Crippen LogP contribution in [0.15, 0.2) is 54.6 Å². The molecule has 0 aromatic heterocycles. The molecule has 1 N–H and O–H groups in total. The molecular weight excluding hydrogens is 360 g/mol. The van der Waals surface area contributed by atoms with Crippen LogP contribution >= 0.6 is 11.6 Å². The van der Waals surface area contributed by atoms with Gasteiger partial charge >= 0.3 is 0 Å². The number of hydrogen-bond donors (Lipinski definition) is 1. The number of anilines is 1. The maximum Gasteiger partial charge on any atom is 0.244 e. The highest BCUT2D eigenvalue weighted by Gasteiger charge is 2.29. The van der Waals surface area contributed by atoms with Gasteiger partial charge in [0.1, 0.15) is 6.04 Å². The summed E-state index contributed by atoms with van der Waals surface area (Å²) in [6.45, 7) is 3.40. The van der Waals surface area contributed by atoms with Crippen molar-refractivity contribution in [3.05, 3.63) is 65.2 Å². The summed E-state index contributed by atoms with van der Waals surface area (Å²) in [7, 11) is -3.67. The van der Waals surface area contributed by atoms with E-state index >= 15 is 0 Å². The molecular formula is C18H21ClN2O3S. The smallest absolute Gasteiger partial charge is 0.244 e. The van der Waals surface area contributed by atoms with Crippen molar-refractivity contribution in [2.24, 2.45) is 0 Å². The quantitative estimate of drug-likeness (QED) is 0.835. The summed E-state index contributed by atoms with van der Waals surface area (Å²) in [5.74, 6) is -0.387. The van der Waals surface area contributed by atoms with E-state index in [9.17, 15) is 13.2 Å². The maximum atomic E-state index is 12.6. The largest absolute Gasteiger partial charge is 0.348 e. The second-order valence-electron chi connectivity index (χ2n) is 5.86. The number of nitrogens with zero attached hydrogens (tertiary/aromatic N) is 1. The second kappa shape index (κ2) is 7.89. The average Bonchev–Trinajstić information content (AvgIpc) is 2.54. The molecule has 0 heterocycles. The molecule has 5 nitrogen and oxygen atoms in total. The topological polar surface area (TPSA) is 66.5 Å². The number of sulfonamides is 1. The van der Waals surface area contributed by atoms with Gasteiger partial charge in [0.15, 0.2) is 0 Å². The van der Waals surface area contributed by atoms with Crippen molar-refractivity contribution >= 4 is 33.2 Å². The number of hydrogen-bond acceptors (Lipinski definition) is 3. The summed E-state index contributed by atoms with van der Waals surface area (Å²) in [4.78, 5) is 12.6. The van der Waals surface area contributed by atoms with Gasteiger partial charge in [-0.3, -0.25) is 9.10 Å². The number of amides is 1. The molecule has 2 aromatic carbocycles. The predicted molar refractivity (Wildman–Crippen MR) is 101 cm³/mol. The van der Waals surface area contributed by atoms with Crippen LogP contribution in [0.2, 0.25) is 5.02 Å². The van der Waals surface area contributed by atoms with E-state index < -0.39 is 16.1 Å². The Morgan fingerprint density at radius 3 is 2.28 bits per heavy atom. The molecule has 2 aromatic rings. The Balaban J connectivity index is 2.24. The van der Waals surface area contributed by atoms with Crippen LogP contribution in [0.5, 0.6) is 0 Å². The molecule has 134 valence electrons. The lowest BCUT2D eigenvalue weighted by atomic mass is 10.1. The number of carbonyl (C=O) groups is 1. The van der Waals surface area contributed by atoms with E-state index in [1.54, 1.807) is 25.1 Å². The fourth-order valence-electron chi connectivity index (χ4n) is 2.58. The van der Waals surface area contributed by atoms with Gasteiger partial charge in [0, 0.05) is 5.02 Å². The Bertz CT molecular complexity index is 840. The molecule has 0 saturated heterocycles. The minimum absolute atomic E-state index is 0.239. The molecule has 0 radical (unpaired) electrons. The Morgan fingerprint density at radius 1 is 1.08 bits per heavy atom. The lowest BCUT2D eigenvalue weighted by molar-refractivity contribution is -0.122. The van der Waals surface area contributed by atoms with Crippen molar-refractivity contribution in [1.29, 1.82) is 0 Å². The number of rotatable bonds is 6. The first-order chi connectivity index (χ1) is 11.7. The molecule has 0 aliphatic rings. The third-order valence-electron chi connectivity index (χ3n) is 3.81. The van der Waals surface area contributed by atoms with Crippen LogP contribution in [0.4, 0.5) is 5.69 Å². The van der Waals surface area contributed by atoms with Crippen LogP contribution in [0.3, 0.4) is 0 Å². The van der Waals surface area contributed by atoms with E-state index in [1.807, 2.05) is 37.3 Å². The van der Waals surface area contributed by atoms with E-state index in [0.717, 1.165) is 16.1 Å². The summed E-state index contributed by atoms with van der Waals surface area (Å²) >= 11 is 5.97. The SMILES string of the molecule is C[C@H](C(=O)N[C@H](C)c1ccccc1)N(c1cccc(Cl)c1)S(C)(=O)=O. The highest BCUT2D eigenvalue weighted by molar-refractivity contribution is 7.92. The number of halogens is 1. The van der Waals surface area contributed by atoms with Gasteiger partial charge in [0.25, 0.3) is 0 Å². The molecule has 0 fully saturated rings. The van der Waals surface area contributed by atoms with Crippen LogP contribution in [0.1, 0.15) is 25.5 Å². The highest BCUT2D eigenvalue weighted by Crippen LogP contribution is 2.24. The van der Waals surface area contributed by atoms with Crippen LogP contribution in [0, 0.1) is 0 Å². The zero-order chi connectivity index (χ0) is 18.6. The Kier molecular flexibility index (Phi) is 6.08. The minimum atomic E-state index is -3.67. The third kappa shape index (κ3) is 4.96. The minimum Gasteiger partial charge on any atom is -0.348 e. The number of nitrogens with one attached hydrogen (secondary N) is 1. The summed E-state index contributed by atoms with van der Waals surface area (Å²) in [6, 6.07) is 14.7. The highest BCUT2D eigenvalue weighted by atomic mass is 35.5. The maximum absolute atomic E-state index is 12.6. The first kappa shape index (κ1) is 19.3. The molecule has 0 spiro atoms. The van der Waals surface area contributed by atoms with Gasteiger partial charge in [-0.1, -0.05) is 48.0 Å². The van der Waals surface area contributed by atoms with Gasteiger partial charge < -0.3 is 5.32 Å². The first-order valence-electron chi connectivity index (χ1n) is 7.80. The zero-order valence-electron chi connectivity index (χ0n) is 14.3. The van der Waals surface area contributed by atoms with E-state index in [-0.39, 0.29) is 11.9 Å².